The Kier molecular flexibility index (Phi) is 6.74. The van der Waals surface area contributed by atoms with E-state index in [-0.39, 0.29) is 0 Å². The van der Waals surface area contributed by atoms with Crippen LogP contribution >= 0.6 is 11.8 Å². The van der Waals surface area contributed by atoms with Crippen LogP contribution in [0.4, 0.5) is 0 Å². The molecule has 0 bridgehead atoms. The molecule has 0 radical (unpaired) electrons. The second kappa shape index (κ2) is 8.58. The van der Waals surface area contributed by atoms with E-state index in [4.69, 9.17) is 4.74 Å². The van der Waals surface area contributed by atoms with Crippen molar-refractivity contribution in [1.82, 2.24) is 5.32 Å². The zero-order chi connectivity index (χ0) is 14.2. The summed E-state index contributed by atoms with van der Waals surface area (Å²) in [5.74, 6) is 2.18. The van der Waals surface area contributed by atoms with Gasteiger partial charge < -0.3 is 10.1 Å². The van der Waals surface area contributed by atoms with Gasteiger partial charge in [-0.3, -0.25) is 0 Å². The van der Waals surface area contributed by atoms with Crippen molar-refractivity contribution in [3.63, 3.8) is 0 Å². The molecule has 0 spiro atoms. The highest BCUT2D eigenvalue weighted by atomic mass is 32.2. The number of thioether (sulfide) groups is 1. The Balaban J connectivity index is 1.86. The minimum absolute atomic E-state index is 0.567. The van der Waals surface area contributed by atoms with Gasteiger partial charge in [-0.05, 0) is 43.5 Å². The van der Waals surface area contributed by atoms with E-state index in [0.29, 0.717) is 6.04 Å². The van der Waals surface area contributed by atoms with Crippen LogP contribution < -0.4 is 10.1 Å². The van der Waals surface area contributed by atoms with E-state index in [9.17, 15) is 0 Å². The Bertz CT molecular complexity index is 390. The molecule has 1 aliphatic carbocycles. The lowest BCUT2D eigenvalue weighted by Crippen LogP contribution is -2.33. The average Bonchev–Trinajstić information content (AvgIpc) is 2.98. The molecular weight excluding hydrogens is 266 g/mol. The molecule has 1 aromatic carbocycles. The summed E-state index contributed by atoms with van der Waals surface area (Å²) in [5, 5.41) is 4.54. The first-order valence-electron chi connectivity index (χ1n) is 7.79. The standard InChI is InChI=1S/C17H27NOS/c1-3-18-15(13-20-17-9-4-5-10-17)11-14-7-6-8-16(12-14)19-2/h6-8,12,15,17-18H,3-5,9-11,13H2,1-2H3. The minimum atomic E-state index is 0.567. The summed E-state index contributed by atoms with van der Waals surface area (Å²) in [4.78, 5) is 0. The smallest absolute Gasteiger partial charge is 0.119 e. The van der Waals surface area contributed by atoms with Gasteiger partial charge in [-0.25, -0.2) is 0 Å². The van der Waals surface area contributed by atoms with Crippen molar-refractivity contribution >= 4 is 11.8 Å². The SMILES string of the molecule is CCNC(CSC1CCCC1)Cc1cccc(OC)c1. The van der Waals surface area contributed by atoms with Gasteiger partial charge in [0.15, 0.2) is 0 Å². The van der Waals surface area contributed by atoms with Crippen LogP contribution in [0.2, 0.25) is 0 Å². The number of ether oxygens (including phenoxy) is 1. The van der Waals surface area contributed by atoms with E-state index in [2.05, 4.69) is 42.2 Å². The van der Waals surface area contributed by atoms with E-state index >= 15 is 0 Å². The first-order chi connectivity index (χ1) is 9.81. The molecule has 112 valence electrons. The summed E-state index contributed by atoms with van der Waals surface area (Å²) >= 11 is 2.17. The van der Waals surface area contributed by atoms with E-state index in [0.717, 1.165) is 24.0 Å². The van der Waals surface area contributed by atoms with Crippen molar-refractivity contribution in [3.8, 4) is 5.75 Å². The van der Waals surface area contributed by atoms with Gasteiger partial charge in [0.25, 0.3) is 0 Å². The normalized spacial score (nSPS) is 17.3. The van der Waals surface area contributed by atoms with Crippen molar-refractivity contribution < 1.29 is 4.74 Å². The molecule has 1 unspecified atom stereocenters. The van der Waals surface area contributed by atoms with Crippen LogP contribution in [0.5, 0.6) is 5.75 Å². The molecule has 3 heteroatoms. The summed E-state index contributed by atoms with van der Waals surface area (Å²) < 4.78 is 5.31. The molecule has 0 amide bonds. The van der Waals surface area contributed by atoms with Crippen LogP contribution in [0, 0.1) is 0 Å². The van der Waals surface area contributed by atoms with Crippen molar-refractivity contribution in [2.45, 2.75) is 50.3 Å². The number of hydrogen-bond acceptors (Lipinski definition) is 3. The molecule has 1 saturated carbocycles. The maximum absolute atomic E-state index is 5.31. The molecule has 2 nitrogen and oxygen atoms in total. The number of benzene rings is 1. The van der Waals surface area contributed by atoms with E-state index in [1.807, 2.05) is 6.07 Å². The van der Waals surface area contributed by atoms with Crippen LogP contribution in [0.25, 0.3) is 0 Å². The Hall–Kier alpha value is -0.670. The third-order valence-corrected chi connectivity index (χ3v) is 5.48. The van der Waals surface area contributed by atoms with Gasteiger partial charge in [0, 0.05) is 17.0 Å². The average molecular weight is 293 g/mol. The van der Waals surface area contributed by atoms with Crippen molar-refractivity contribution in [3.05, 3.63) is 29.8 Å². The predicted octanol–water partition coefficient (Wildman–Crippen LogP) is 3.89. The predicted molar refractivity (Wildman–Crippen MR) is 88.9 cm³/mol. The molecule has 1 aromatic rings. The van der Waals surface area contributed by atoms with Gasteiger partial charge in [-0.15, -0.1) is 0 Å². The second-order valence-corrected chi connectivity index (χ2v) is 6.88. The molecule has 0 aromatic heterocycles. The highest BCUT2D eigenvalue weighted by molar-refractivity contribution is 7.99. The van der Waals surface area contributed by atoms with E-state index in [1.165, 1.54) is 37.0 Å². The number of methoxy groups -OCH3 is 1. The lowest BCUT2D eigenvalue weighted by Gasteiger charge is -2.20. The van der Waals surface area contributed by atoms with Gasteiger partial charge in [0.1, 0.15) is 5.75 Å². The highest BCUT2D eigenvalue weighted by Crippen LogP contribution is 2.30. The zero-order valence-corrected chi connectivity index (χ0v) is 13.5. The van der Waals surface area contributed by atoms with E-state index < -0.39 is 0 Å². The summed E-state index contributed by atoms with van der Waals surface area (Å²) in [5.41, 5.74) is 1.36. The molecule has 0 saturated heterocycles. The Morgan fingerprint density at radius 3 is 2.85 bits per heavy atom. The first-order valence-corrected chi connectivity index (χ1v) is 8.84. The van der Waals surface area contributed by atoms with Crippen molar-refractivity contribution in [2.24, 2.45) is 0 Å². The fourth-order valence-electron chi connectivity index (χ4n) is 2.87. The molecule has 2 rings (SSSR count). The first kappa shape index (κ1) is 15.7. The number of nitrogens with one attached hydrogen (secondary N) is 1. The Morgan fingerprint density at radius 1 is 1.35 bits per heavy atom. The Labute approximate surface area is 127 Å². The molecule has 1 N–H and O–H groups in total. The highest BCUT2D eigenvalue weighted by Gasteiger charge is 2.17. The Morgan fingerprint density at radius 2 is 2.15 bits per heavy atom. The number of hydrogen-bond donors (Lipinski definition) is 1. The number of rotatable bonds is 8. The quantitative estimate of drug-likeness (QED) is 0.785. The fraction of sp³-hybridized carbons (Fsp3) is 0.647. The third kappa shape index (κ3) is 5.02. The van der Waals surface area contributed by atoms with Gasteiger partial charge in [-0.1, -0.05) is 31.9 Å². The lowest BCUT2D eigenvalue weighted by atomic mass is 10.1. The van der Waals surface area contributed by atoms with Gasteiger partial charge in [0.05, 0.1) is 7.11 Å². The topological polar surface area (TPSA) is 21.3 Å². The van der Waals surface area contributed by atoms with Gasteiger partial charge in [-0.2, -0.15) is 11.8 Å². The summed E-state index contributed by atoms with van der Waals surface area (Å²) in [7, 11) is 1.73. The minimum Gasteiger partial charge on any atom is -0.497 e. The summed E-state index contributed by atoms with van der Waals surface area (Å²) in [6.07, 6.45) is 6.79. The van der Waals surface area contributed by atoms with Gasteiger partial charge in [0.2, 0.25) is 0 Å². The van der Waals surface area contributed by atoms with Crippen molar-refractivity contribution in [2.75, 3.05) is 19.4 Å². The summed E-state index contributed by atoms with van der Waals surface area (Å²) in [6, 6.07) is 9.02. The van der Waals surface area contributed by atoms with Crippen LogP contribution in [0.3, 0.4) is 0 Å². The third-order valence-electron chi connectivity index (χ3n) is 3.94. The summed E-state index contributed by atoms with van der Waals surface area (Å²) in [6.45, 7) is 3.23. The van der Waals surface area contributed by atoms with Crippen LogP contribution in [-0.4, -0.2) is 30.7 Å². The van der Waals surface area contributed by atoms with Crippen LogP contribution in [0.1, 0.15) is 38.2 Å². The largest absolute Gasteiger partial charge is 0.497 e. The van der Waals surface area contributed by atoms with Gasteiger partial charge >= 0.3 is 0 Å². The maximum atomic E-state index is 5.31. The molecule has 20 heavy (non-hydrogen) atoms. The van der Waals surface area contributed by atoms with Crippen LogP contribution in [0.15, 0.2) is 24.3 Å². The molecule has 1 fully saturated rings. The molecule has 0 heterocycles. The molecule has 1 aliphatic rings. The number of likely N-dealkylation sites (N-methyl/N-ethyl adjacent to an activating group) is 1. The monoisotopic (exact) mass is 293 g/mol. The van der Waals surface area contributed by atoms with Crippen molar-refractivity contribution in [1.29, 1.82) is 0 Å². The molecular formula is C17H27NOS. The molecule has 1 atom stereocenters. The van der Waals surface area contributed by atoms with Crippen LogP contribution in [-0.2, 0) is 6.42 Å². The maximum Gasteiger partial charge on any atom is 0.119 e. The van der Waals surface area contributed by atoms with E-state index in [1.54, 1.807) is 7.11 Å². The lowest BCUT2D eigenvalue weighted by molar-refractivity contribution is 0.414. The molecule has 0 aliphatic heterocycles. The zero-order valence-electron chi connectivity index (χ0n) is 12.7. The second-order valence-electron chi connectivity index (χ2n) is 5.55. The fourth-order valence-corrected chi connectivity index (χ4v) is 4.28.